The highest BCUT2D eigenvalue weighted by molar-refractivity contribution is 6.09. The van der Waals surface area contributed by atoms with Crippen molar-refractivity contribution in [3.63, 3.8) is 0 Å². The topological polar surface area (TPSA) is 25.6 Å². The average molecular weight is 412 g/mol. The largest absolute Gasteiger partial charge is 0.468 e. The summed E-state index contributed by atoms with van der Waals surface area (Å²) in [5.41, 5.74) is 8.96. The van der Waals surface area contributed by atoms with Crippen molar-refractivity contribution in [1.82, 2.24) is 0 Å². The molecule has 0 spiro atoms. The fourth-order valence-corrected chi connectivity index (χ4v) is 4.97. The molecule has 0 amide bonds. The molecule has 0 bridgehead atoms. The summed E-state index contributed by atoms with van der Waals surface area (Å²) in [6.07, 6.45) is -0.212. The zero-order valence-corrected chi connectivity index (χ0v) is 19.1. The van der Waals surface area contributed by atoms with E-state index >= 15 is 0 Å². The maximum atomic E-state index is 6.69. The molecule has 1 aliphatic heterocycles. The molecular weight excluding hydrogens is 382 g/mol. The maximum Gasteiger partial charge on any atom is 0.203 e. The number of para-hydroxylation sites is 1. The number of anilines is 1. The molecule has 0 N–H and O–H groups in total. The van der Waals surface area contributed by atoms with Gasteiger partial charge in [-0.25, -0.2) is 0 Å². The minimum absolute atomic E-state index is 0.212. The lowest BCUT2D eigenvalue weighted by atomic mass is 9.99. The third kappa shape index (κ3) is 2.95. The Bertz CT molecular complexity index is 1320. The predicted octanol–water partition coefficient (Wildman–Crippen LogP) is 7.93. The molecule has 2 heterocycles. The monoisotopic (exact) mass is 411 g/mol. The van der Waals surface area contributed by atoms with E-state index in [0.29, 0.717) is 5.92 Å². The number of aryl methyl sites for hydroxylation is 3. The summed E-state index contributed by atoms with van der Waals surface area (Å²) in [5, 5.41) is 2.29. The summed E-state index contributed by atoms with van der Waals surface area (Å²) >= 11 is 0. The van der Waals surface area contributed by atoms with Gasteiger partial charge in [0.1, 0.15) is 11.3 Å². The molecule has 0 radical (unpaired) electrons. The van der Waals surface area contributed by atoms with Crippen LogP contribution >= 0.6 is 0 Å². The zero-order chi connectivity index (χ0) is 21.9. The van der Waals surface area contributed by atoms with Gasteiger partial charge >= 0.3 is 0 Å². The van der Waals surface area contributed by atoms with Crippen LogP contribution in [0.3, 0.4) is 0 Å². The standard InChI is InChI=1S/C28H29NO2/c1-16(2)26-20(6)29(28(31-26)24-17(3)10-9-11-18(24)4)25-19(5)14-15-22-21-12-7-8-13-23(21)30-27(22)25/h7-16,28H,1-6H3. The van der Waals surface area contributed by atoms with E-state index in [1.807, 2.05) is 12.1 Å². The number of allylic oxidation sites excluding steroid dienone is 2. The van der Waals surface area contributed by atoms with E-state index < -0.39 is 0 Å². The molecular formula is C28H29NO2. The second-order valence-electron chi connectivity index (χ2n) is 8.96. The Kier molecular flexibility index (Phi) is 4.58. The number of hydrogen-bond acceptors (Lipinski definition) is 3. The van der Waals surface area contributed by atoms with E-state index in [4.69, 9.17) is 9.15 Å². The molecule has 31 heavy (non-hydrogen) atoms. The van der Waals surface area contributed by atoms with Crippen molar-refractivity contribution in [3.8, 4) is 0 Å². The van der Waals surface area contributed by atoms with Crippen LogP contribution < -0.4 is 4.90 Å². The molecule has 1 aliphatic rings. The van der Waals surface area contributed by atoms with E-state index in [0.717, 1.165) is 39.1 Å². The van der Waals surface area contributed by atoms with Gasteiger partial charge in [-0.2, -0.15) is 0 Å². The lowest BCUT2D eigenvalue weighted by Crippen LogP contribution is -2.25. The van der Waals surface area contributed by atoms with Crippen LogP contribution in [0.5, 0.6) is 0 Å². The number of hydrogen-bond donors (Lipinski definition) is 0. The van der Waals surface area contributed by atoms with Gasteiger partial charge in [0.15, 0.2) is 5.58 Å². The van der Waals surface area contributed by atoms with Crippen LogP contribution in [0.15, 0.2) is 70.5 Å². The van der Waals surface area contributed by atoms with Gasteiger partial charge in [0, 0.05) is 22.3 Å². The Balaban J connectivity index is 1.82. The molecule has 1 unspecified atom stereocenters. The van der Waals surface area contributed by atoms with Gasteiger partial charge in [0.25, 0.3) is 0 Å². The molecule has 4 aromatic rings. The maximum absolute atomic E-state index is 6.69. The molecule has 5 rings (SSSR count). The molecule has 158 valence electrons. The number of fused-ring (bicyclic) bond motifs is 3. The molecule has 0 saturated carbocycles. The Labute approximate surface area is 183 Å². The van der Waals surface area contributed by atoms with Crippen molar-refractivity contribution in [2.75, 3.05) is 4.90 Å². The smallest absolute Gasteiger partial charge is 0.203 e. The number of nitrogens with zero attached hydrogens (tertiary/aromatic N) is 1. The molecule has 3 heteroatoms. The molecule has 0 aliphatic carbocycles. The normalized spacial score (nSPS) is 16.7. The predicted molar refractivity (Wildman–Crippen MR) is 128 cm³/mol. The number of rotatable bonds is 3. The van der Waals surface area contributed by atoms with Crippen LogP contribution in [0, 0.1) is 26.7 Å². The first-order valence-electron chi connectivity index (χ1n) is 11.0. The molecule has 3 aromatic carbocycles. The molecule has 0 saturated heterocycles. The van der Waals surface area contributed by atoms with Crippen molar-refractivity contribution in [2.45, 2.75) is 47.8 Å². The van der Waals surface area contributed by atoms with Gasteiger partial charge < -0.3 is 9.15 Å². The third-order valence-corrected chi connectivity index (χ3v) is 6.47. The van der Waals surface area contributed by atoms with Crippen LogP contribution in [0.4, 0.5) is 5.69 Å². The summed E-state index contributed by atoms with van der Waals surface area (Å²) in [7, 11) is 0. The zero-order valence-electron chi connectivity index (χ0n) is 19.1. The minimum Gasteiger partial charge on any atom is -0.468 e. The van der Waals surface area contributed by atoms with E-state index in [1.54, 1.807) is 0 Å². The van der Waals surface area contributed by atoms with Crippen molar-refractivity contribution in [3.05, 3.63) is 88.3 Å². The summed E-state index contributed by atoms with van der Waals surface area (Å²) in [5.74, 6) is 1.34. The Morgan fingerprint density at radius 3 is 2.19 bits per heavy atom. The van der Waals surface area contributed by atoms with Gasteiger partial charge in [-0.1, -0.05) is 62.4 Å². The van der Waals surface area contributed by atoms with Gasteiger partial charge in [-0.15, -0.1) is 0 Å². The lowest BCUT2D eigenvalue weighted by Gasteiger charge is -2.30. The summed E-state index contributed by atoms with van der Waals surface area (Å²) in [4.78, 5) is 2.35. The molecule has 1 aromatic heterocycles. The lowest BCUT2D eigenvalue weighted by molar-refractivity contribution is 0.126. The van der Waals surface area contributed by atoms with Gasteiger partial charge in [0.05, 0.1) is 11.4 Å². The fraction of sp³-hybridized carbons (Fsp3) is 0.286. The number of benzene rings is 3. The summed E-state index contributed by atoms with van der Waals surface area (Å²) < 4.78 is 13.1. The Hall–Kier alpha value is -3.20. The highest BCUT2D eigenvalue weighted by atomic mass is 16.5. The summed E-state index contributed by atoms with van der Waals surface area (Å²) in [6.45, 7) is 13.0. The van der Waals surface area contributed by atoms with Gasteiger partial charge in [-0.3, -0.25) is 4.90 Å². The fourth-order valence-electron chi connectivity index (χ4n) is 4.97. The van der Waals surface area contributed by atoms with Crippen molar-refractivity contribution < 1.29 is 9.15 Å². The third-order valence-electron chi connectivity index (χ3n) is 6.47. The Morgan fingerprint density at radius 2 is 1.48 bits per heavy atom. The van der Waals surface area contributed by atoms with E-state index in [2.05, 4.69) is 88.9 Å². The summed E-state index contributed by atoms with van der Waals surface area (Å²) in [6, 6.07) is 19.1. The molecule has 3 nitrogen and oxygen atoms in total. The van der Waals surface area contributed by atoms with Crippen molar-refractivity contribution in [1.29, 1.82) is 0 Å². The average Bonchev–Trinajstić information content (AvgIpc) is 3.26. The van der Waals surface area contributed by atoms with Gasteiger partial charge in [-0.05, 0) is 50.5 Å². The SMILES string of the molecule is CC1=C(C(C)C)OC(c2c(C)cccc2C)N1c1c(C)ccc2c1oc1ccccc12. The van der Waals surface area contributed by atoms with Crippen LogP contribution in [0.25, 0.3) is 21.9 Å². The number of furan rings is 1. The van der Waals surface area contributed by atoms with Crippen LogP contribution in [-0.2, 0) is 4.74 Å². The quantitative estimate of drug-likeness (QED) is 0.342. The highest BCUT2D eigenvalue weighted by Gasteiger charge is 2.38. The van der Waals surface area contributed by atoms with Crippen molar-refractivity contribution >= 4 is 27.6 Å². The molecule has 1 atom stereocenters. The van der Waals surface area contributed by atoms with Crippen LogP contribution in [0.1, 0.15) is 49.3 Å². The minimum atomic E-state index is -0.212. The van der Waals surface area contributed by atoms with Crippen molar-refractivity contribution in [2.24, 2.45) is 5.92 Å². The first-order valence-corrected chi connectivity index (χ1v) is 11.0. The Morgan fingerprint density at radius 1 is 0.774 bits per heavy atom. The van der Waals surface area contributed by atoms with Crippen LogP contribution in [0.2, 0.25) is 0 Å². The molecule has 0 fully saturated rings. The first kappa shape index (κ1) is 19.7. The highest BCUT2D eigenvalue weighted by Crippen LogP contribution is 2.48. The van der Waals surface area contributed by atoms with Gasteiger partial charge in [0.2, 0.25) is 6.23 Å². The first-order chi connectivity index (χ1) is 14.9. The second-order valence-corrected chi connectivity index (χ2v) is 8.96. The van der Waals surface area contributed by atoms with E-state index in [-0.39, 0.29) is 6.23 Å². The second kappa shape index (κ2) is 7.19. The van der Waals surface area contributed by atoms with E-state index in [1.165, 1.54) is 22.3 Å². The van der Waals surface area contributed by atoms with Crippen LogP contribution in [-0.4, -0.2) is 0 Å². The van der Waals surface area contributed by atoms with E-state index in [9.17, 15) is 0 Å². The number of ether oxygens (including phenoxy) is 1.